The largest absolute Gasteiger partial charge is 0.457 e. The highest BCUT2D eigenvalue weighted by molar-refractivity contribution is 6.30. The van der Waals surface area contributed by atoms with Gasteiger partial charge in [-0.15, -0.1) is 0 Å². The van der Waals surface area contributed by atoms with Gasteiger partial charge in [0.1, 0.15) is 17.8 Å². The van der Waals surface area contributed by atoms with Crippen molar-refractivity contribution in [2.24, 2.45) is 0 Å². The van der Waals surface area contributed by atoms with Gasteiger partial charge >= 0.3 is 0 Å². The summed E-state index contributed by atoms with van der Waals surface area (Å²) in [6, 6.07) is 12.5. The molecule has 2 nitrogen and oxygen atoms in total. The van der Waals surface area contributed by atoms with Crippen LogP contribution in [-0.4, -0.2) is 6.29 Å². The molecule has 86 valence electrons. The molecule has 0 N–H and O–H groups in total. The summed E-state index contributed by atoms with van der Waals surface area (Å²) in [7, 11) is 0. The Hall–Kier alpha value is -1.80. The Kier molecular flexibility index (Phi) is 3.45. The van der Waals surface area contributed by atoms with Gasteiger partial charge in [-0.25, -0.2) is 0 Å². The van der Waals surface area contributed by atoms with Crippen LogP contribution in [0.4, 0.5) is 0 Å². The summed E-state index contributed by atoms with van der Waals surface area (Å²) in [5, 5.41) is 0.617. The quantitative estimate of drug-likeness (QED) is 0.757. The number of carbonyl (C=O) groups is 1. The fourth-order valence-electron chi connectivity index (χ4n) is 1.46. The minimum absolute atomic E-state index is 0.590. The zero-order valence-corrected chi connectivity index (χ0v) is 10.1. The predicted molar refractivity (Wildman–Crippen MR) is 68.1 cm³/mol. The molecule has 0 fully saturated rings. The number of aldehydes is 1. The number of benzene rings is 2. The lowest BCUT2D eigenvalue weighted by Gasteiger charge is -2.09. The van der Waals surface area contributed by atoms with Crippen LogP contribution in [-0.2, 0) is 0 Å². The normalized spacial score (nSPS) is 10.0. The second-order valence-electron chi connectivity index (χ2n) is 3.70. The number of carbonyl (C=O) groups excluding carboxylic acids is 1. The number of ether oxygens (including phenoxy) is 1. The van der Waals surface area contributed by atoms with E-state index in [0.29, 0.717) is 22.1 Å². The topological polar surface area (TPSA) is 26.3 Å². The van der Waals surface area contributed by atoms with E-state index in [1.54, 1.807) is 24.3 Å². The first-order valence-electron chi connectivity index (χ1n) is 5.18. The second kappa shape index (κ2) is 5.02. The molecule has 0 saturated carbocycles. The van der Waals surface area contributed by atoms with Crippen molar-refractivity contribution in [3.05, 3.63) is 58.6 Å². The first-order valence-corrected chi connectivity index (χ1v) is 5.56. The molecule has 0 heterocycles. The van der Waals surface area contributed by atoms with Gasteiger partial charge in [0, 0.05) is 10.6 Å². The summed E-state index contributed by atoms with van der Waals surface area (Å²) in [6.45, 7) is 1.93. The third-order valence-corrected chi connectivity index (χ3v) is 2.61. The van der Waals surface area contributed by atoms with E-state index in [2.05, 4.69) is 0 Å². The molecule has 0 aliphatic carbocycles. The first kappa shape index (κ1) is 11.7. The highest BCUT2D eigenvalue weighted by Crippen LogP contribution is 2.27. The molecule has 17 heavy (non-hydrogen) atoms. The summed E-state index contributed by atoms with van der Waals surface area (Å²) < 4.78 is 5.69. The van der Waals surface area contributed by atoms with Crippen molar-refractivity contribution in [2.45, 2.75) is 6.92 Å². The van der Waals surface area contributed by atoms with Crippen LogP contribution in [0.1, 0.15) is 15.9 Å². The zero-order valence-electron chi connectivity index (χ0n) is 9.31. The monoisotopic (exact) mass is 246 g/mol. The van der Waals surface area contributed by atoms with E-state index >= 15 is 0 Å². The second-order valence-corrected chi connectivity index (χ2v) is 4.14. The molecule has 0 atom stereocenters. The summed E-state index contributed by atoms with van der Waals surface area (Å²) in [5.74, 6) is 1.32. The minimum atomic E-state index is 0.590. The summed E-state index contributed by atoms with van der Waals surface area (Å²) in [6.07, 6.45) is 0.796. The molecule has 2 rings (SSSR count). The van der Waals surface area contributed by atoms with E-state index in [0.717, 1.165) is 11.8 Å². The molecular weight excluding hydrogens is 236 g/mol. The van der Waals surface area contributed by atoms with Crippen LogP contribution >= 0.6 is 11.6 Å². The van der Waals surface area contributed by atoms with E-state index in [4.69, 9.17) is 16.3 Å². The number of aryl methyl sites for hydroxylation is 1. The van der Waals surface area contributed by atoms with Crippen LogP contribution < -0.4 is 4.74 Å². The van der Waals surface area contributed by atoms with Gasteiger partial charge in [0.25, 0.3) is 0 Å². The first-order chi connectivity index (χ1) is 8.19. The summed E-state index contributed by atoms with van der Waals surface area (Å²) in [4.78, 5) is 10.7. The van der Waals surface area contributed by atoms with Crippen LogP contribution in [0, 0.1) is 6.92 Å². The minimum Gasteiger partial charge on any atom is -0.457 e. The van der Waals surface area contributed by atoms with Crippen molar-refractivity contribution in [3.8, 4) is 11.5 Å². The molecule has 0 unspecified atom stereocenters. The van der Waals surface area contributed by atoms with Gasteiger partial charge in [-0.2, -0.15) is 0 Å². The number of hydrogen-bond acceptors (Lipinski definition) is 2. The van der Waals surface area contributed by atoms with Crippen molar-refractivity contribution < 1.29 is 9.53 Å². The molecule has 0 aliphatic rings. The molecule has 2 aromatic rings. The summed E-state index contributed by atoms with van der Waals surface area (Å²) in [5.41, 5.74) is 1.56. The fourth-order valence-corrected chi connectivity index (χ4v) is 1.64. The van der Waals surface area contributed by atoms with Gasteiger partial charge in [0.2, 0.25) is 0 Å². The lowest BCUT2D eigenvalue weighted by atomic mass is 10.1. The smallest absolute Gasteiger partial charge is 0.150 e. The third-order valence-electron chi connectivity index (χ3n) is 2.37. The molecule has 0 amide bonds. The lowest BCUT2D eigenvalue weighted by molar-refractivity contribution is 0.112. The van der Waals surface area contributed by atoms with E-state index in [9.17, 15) is 4.79 Å². The number of hydrogen-bond donors (Lipinski definition) is 0. The average Bonchev–Trinajstić information content (AvgIpc) is 2.32. The molecule has 0 bridgehead atoms. The molecule has 0 radical (unpaired) electrons. The SMILES string of the molecule is Cc1ccc(C=O)cc1Oc1cccc(Cl)c1. The van der Waals surface area contributed by atoms with Crippen LogP contribution in [0.25, 0.3) is 0 Å². The Morgan fingerprint density at radius 1 is 1.18 bits per heavy atom. The van der Waals surface area contributed by atoms with Crippen molar-refractivity contribution in [3.63, 3.8) is 0 Å². The Balaban J connectivity index is 2.32. The van der Waals surface area contributed by atoms with Gasteiger partial charge in [0.15, 0.2) is 0 Å². The van der Waals surface area contributed by atoms with E-state index in [1.807, 2.05) is 25.1 Å². The Morgan fingerprint density at radius 2 is 2.00 bits per heavy atom. The van der Waals surface area contributed by atoms with Gasteiger partial charge < -0.3 is 4.74 Å². The highest BCUT2D eigenvalue weighted by Gasteiger charge is 2.03. The Bertz CT molecular complexity index is 550. The Labute approximate surface area is 105 Å². The van der Waals surface area contributed by atoms with Gasteiger partial charge in [-0.05, 0) is 36.8 Å². The van der Waals surface area contributed by atoms with Crippen molar-refractivity contribution in [1.29, 1.82) is 0 Å². The molecular formula is C14H11ClO2. The maximum atomic E-state index is 10.7. The van der Waals surface area contributed by atoms with E-state index in [1.165, 1.54) is 0 Å². The van der Waals surface area contributed by atoms with Crippen LogP contribution in [0.2, 0.25) is 5.02 Å². The number of halogens is 1. The summed E-state index contributed by atoms with van der Waals surface area (Å²) >= 11 is 5.87. The van der Waals surface area contributed by atoms with Crippen molar-refractivity contribution >= 4 is 17.9 Å². The third kappa shape index (κ3) is 2.86. The van der Waals surface area contributed by atoms with Gasteiger partial charge in [-0.1, -0.05) is 29.8 Å². The van der Waals surface area contributed by atoms with Crippen LogP contribution in [0.5, 0.6) is 11.5 Å². The Morgan fingerprint density at radius 3 is 2.71 bits per heavy atom. The standard InChI is InChI=1S/C14H11ClO2/c1-10-5-6-11(9-16)7-14(10)17-13-4-2-3-12(15)8-13/h2-9H,1H3. The van der Waals surface area contributed by atoms with E-state index < -0.39 is 0 Å². The van der Waals surface area contributed by atoms with Gasteiger partial charge in [0.05, 0.1) is 0 Å². The van der Waals surface area contributed by atoms with Gasteiger partial charge in [-0.3, -0.25) is 4.79 Å². The fraction of sp³-hybridized carbons (Fsp3) is 0.0714. The average molecular weight is 247 g/mol. The molecule has 0 spiro atoms. The zero-order chi connectivity index (χ0) is 12.3. The maximum Gasteiger partial charge on any atom is 0.150 e. The molecule has 0 aliphatic heterocycles. The molecule has 0 saturated heterocycles. The molecule has 3 heteroatoms. The van der Waals surface area contributed by atoms with E-state index in [-0.39, 0.29) is 0 Å². The van der Waals surface area contributed by atoms with Crippen LogP contribution in [0.3, 0.4) is 0 Å². The predicted octanol–water partition coefficient (Wildman–Crippen LogP) is 4.25. The highest BCUT2D eigenvalue weighted by atomic mass is 35.5. The van der Waals surface area contributed by atoms with Crippen molar-refractivity contribution in [2.75, 3.05) is 0 Å². The number of rotatable bonds is 3. The lowest BCUT2D eigenvalue weighted by Crippen LogP contribution is -1.89. The molecule has 0 aromatic heterocycles. The maximum absolute atomic E-state index is 10.7. The van der Waals surface area contributed by atoms with Crippen molar-refractivity contribution in [1.82, 2.24) is 0 Å². The van der Waals surface area contributed by atoms with Crippen LogP contribution in [0.15, 0.2) is 42.5 Å². The molecule has 2 aromatic carbocycles.